The highest BCUT2D eigenvalue weighted by atomic mass is 16.7. The van der Waals surface area contributed by atoms with Crippen molar-refractivity contribution in [3.05, 3.63) is 45.7 Å². The lowest BCUT2D eigenvalue weighted by molar-refractivity contribution is -0.318. The highest BCUT2D eigenvalue weighted by Gasteiger charge is 2.54. The Morgan fingerprint density at radius 1 is 0.871 bits per heavy atom. The first-order chi connectivity index (χ1) is 40.1. The van der Waals surface area contributed by atoms with Crippen molar-refractivity contribution in [2.45, 2.75) is 230 Å². The van der Waals surface area contributed by atoms with Crippen LogP contribution in [0.25, 0.3) is 10.9 Å². The highest BCUT2D eigenvalue weighted by molar-refractivity contribution is 5.94. The zero-order valence-corrected chi connectivity index (χ0v) is 54.0. The fourth-order valence-electron chi connectivity index (χ4n) is 14.1. The first kappa shape index (κ1) is 68.8. The Kier molecular flexibility index (Phi) is 23.7. The van der Waals surface area contributed by atoms with Gasteiger partial charge in [-0.05, 0) is 152 Å². The van der Waals surface area contributed by atoms with Gasteiger partial charge in [0.2, 0.25) is 5.43 Å². The Morgan fingerprint density at radius 3 is 2.15 bits per heavy atom. The average Bonchev–Trinajstić information content (AvgIpc) is 2.34. The van der Waals surface area contributed by atoms with Crippen molar-refractivity contribution in [2.75, 3.05) is 87.8 Å². The van der Waals surface area contributed by atoms with Crippen molar-refractivity contribution < 1.29 is 72.3 Å². The van der Waals surface area contributed by atoms with Gasteiger partial charge in [0.15, 0.2) is 18.7 Å². The molecule has 18 atom stereocenters. The summed E-state index contributed by atoms with van der Waals surface area (Å²) in [6, 6.07) is 5.67. The van der Waals surface area contributed by atoms with Crippen LogP contribution in [0.2, 0.25) is 0 Å². The zero-order valence-electron chi connectivity index (χ0n) is 54.0. The molecule has 3 N–H and O–H groups in total. The minimum absolute atomic E-state index is 0.0828. The topological polar surface area (TPSA) is 230 Å². The molecule has 482 valence electrons. The van der Waals surface area contributed by atoms with E-state index in [0.717, 1.165) is 69.5 Å². The maximum atomic E-state index is 14.8. The second-order valence-corrected chi connectivity index (χ2v) is 26.5. The monoisotopic (exact) mass is 1200 g/mol. The third-order valence-corrected chi connectivity index (χ3v) is 19.2. The minimum atomic E-state index is -1.62. The number of benzene rings is 1. The number of esters is 3. The Bertz CT molecular complexity index is 2590. The normalized spacial score (nSPS) is 37.3. The van der Waals surface area contributed by atoms with Crippen molar-refractivity contribution >= 4 is 28.8 Å². The number of piperazine rings is 1. The molecule has 1 saturated carbocycles. The molecule has 21 nitrogen and oxygen atoms in total. The molecule has 0 unspecified atom stereocenters. The molecule has 21 heteroatoms. The van der Waals surface area contributed by atoms with Crippen LogP contribution in [0.4, 0.5) is 0 Å². The maximum absolute atomic E-state index is 14.8. The summed E-state index contributed by atoms with van der Waals surface area (Å²) in [6.07, 6.45) is -2.30. The molecule has 4 saturated heterocycles. The Labute approximate surface area is 505 Å². The van der Waals surface area contributed by atoms with Crippen LogP contribution in [0.3, 0.4) is 0 Å². The summed E-state index contributed by atoms with van der Waals surface area (Å²) in [6.45, 7) is 25.4. The summed E-state index contributed by atoms with van der Waals surface area (Å²) in [5.41, 5.74) is -2.64. The summed E-state index contributed by atoms with van der Waals surface area (Å²) in [5.74, 6) is -3.60. The fourth-order valence-corrected chi connectivity index (χ4v) is 14.1. The van der Waals surface area contributed by atoms with Crippen LogP contribution in [-0.2, 0) is 58.6 Å². The molecular weight excluding hydrogens is 1090 g/mol. The summed E-state index contributed by atoms with van der Waals surface area (Å²) in [4.78, 5) is 63.5. The van der Waals surface area contributed by atoms with E-state index in [1.54, 1.807) is 47.9 Å². The number of rotatable bonds is 19. The summed E-state index contributed by atoms with van der Waals surface area (Å²) < 4.78 is 58.9. The number of hydrogen-bond donors (Lipinski definition) is 3. The lowest BCUT2D eigenvalue weighted by Crippen LogP contribution is -2.61. The standard InChI is InChI=1S/C64H105N5O16/c1-17-50-64(11,76)57(77-15)42(7)66(14)36-38(3)34-62(9,75)56(85-61-54(72)49(65(12)13)32-39(4)80-61)40(5)55(41(6)59(73)82-50)84-52-35-63(10,78-16)58(43(8)81-52)83-51(70)25-27-68-30-28-67(29-31-68)26-19-20-44-21-24-48-46(33-44)53(71)47(60(74)79-18-2)37-69(48)45-22-23-45/h21,24,33,37-43,45,49-50,52,54-58,61,72,75-76H,17-20,22-23,25-32,34-36H2,1-16H3/t38-,39-,40+,41-,42-,43+,49+,50-,52+,54-,55+,56-,57-,58+,61+,62-,63-,64-/m1/s1. The number of hydrogen-bond acceptors (Lipinski definition) is 20. The lowest BCUT2D eigenvalue weighted by atomic mass is 9.77. The third kappa shape index (κ3) is 16.4. The van der Waals surface area contributed by atoms with E-state index in [2.05, 4.69) is 25.3 Å². The molecule has 1 aliphatic carbocycles. The van der Waals surface area contributed by atoms with Crippen LogP contribution in [-0.4, -0.2) is 235 Å². The smallest absolute Gasteiger partial charge is 0.343 e. The number of pyridine rings is 1. The van der Waals surface area contributed by atoms with E-state index in [9.17, 15) is 34.5 Å². The number of aryl methyl sites for hydroxylation is 1. The van der Waals surface area contributed by atoms with Crippen molar-refractivity contribution in [1.82, 2.24) is 24.2 Å². The number of methoxy groups -OCH3 is 2. The van der Waals surface area contributed by atoms with Crippen molar-refractivity contribution in [1.29, 1.82) is 0 Å². The molecule has 0 amide bonds. The van der Waals surface area contributed by atoms with Crippen LogP contribution >= 0.6 is 0 Å². The molecule has 4 aliphatic heterocycles. The number of nitrogens with zero attached hydrogens (tertiary/aromatic N) is 5. The molecule has 5 aliphatic rings. The van der Waals surface area contributed by atoms with E-state index in [1.165, 1.54) is 7.11 Å². The number of carbonyl (C=O) groups excluding carboxylic acids is 3. The molecule has 2 aromatic rings. The molecule has 5 fully saturated rings. The Hall–Kier alpha value is -3.68. The van der Waals surface area contributed by atoms with E-state index in [4.69, 9.17) is 42.6 Å². The molecular formula is C64H105N5O16. The summed E-state index contributed by atoms with van der Waals surface area (Å²) in [5, 5.41) is 37.6. The molecule has 5 heterocycles. The van der Waals surface area contributed by atoms with Crippen LogP contribution in [0.1, 0.15) is 149 Å². The fraction of sp³-hybridized carbons (Fsp3) is 0.812. The number of fused-ring (bicyclic) bond motifs is 1. The van der Waals surface area contributed by atoms with Crippen molar-refractivity contribution in [3.63, 3.8) is 0 Å². The predicted octanol–water partition coefficient (Wildman–Crippen LogP) is 5.57. The molecule has 0 radical (unpaired) electrons. The van der Waals surface area contributed by atoms with E-state index in [-0.39, 0.29) is 73.4 Å². The molecule has 1 aromatic heterocycles. The Morgan fingerprint density at radius 2 is 1.54 bits per heavy atom. The first-order valence-electron chi connectivity index (χ1n) is 31.5. The lowest BCUT2D eigenvalue weighted by Gasteiger charge is -2.49. The molecule has 0 spiro atoms. The number of aliphatic hydroxyl groups excluding tert-OH is 1. The molecule has 0 bridgehead atoms. The van der Waals surface area contributed by atoms with Gasteiger partial charge in [-0.2, -0.15) is 0 Å². The van der Waals surface area contributed by atoms with Crippen LogP contribution in [0.15, 0.2) is 29.2 Å². The van der Waals surface area contributed by atoms with Gasteiger partial charge < -0.3 is 82.1 Å². The molecule has 1 aromatic carbocycles. The number of likely N-dealkylation sites (N-methyl/N-ethyl adjacent to an activating group) is 2. The number of aromatic nitrogens is 1. The van der Waals surface area contributed by atoms with Crippen molar-refractivity contribution in [2.24, 2.45) is 17.8 Å². The Balaban J connectivity index is 1.01. The van der Waals surface area contributed by atoms with Gasteiger partial charge in [0, 0.05) is 95.5 Å². The van der Waals surface area contributed by atoms with Crippen LogP contribution < -0.4 is 5.43 Å². The number of aliphatic hydroxyl groups is 3. The molecule has 85 heavy (non-hydrogen) atoms. The summed E-state index contributed by atoms with van der Waals surface area (Å²) >= 11 is 0. The SMILES string of the molecule is CCOC(=O)c1cn(C2CC2)c2ccc(CCCN3CCN(CCC(=O)O[C@H]4[C@H](C)O[C@@H](O[C@H]5[C@H](C)[C@@H](O[C@@H]6O[C@H](C)C[C@H](N(C)C)[C@H]6O)[C@](C)(O)C[C@@H](C)CN(C)[C@H](C)[C@@H](OC)[C@](C)(O)[C@@H](CC)OC(=O)[C@@H]5C)C[C@@]4(C)OC)CC3)cc2c1=O. The second kappa shape index (κ2) is 29.3. The second-order valence-electron chi connectivity index (χ2n) is 26.5. The number of cyclic esters (lactones) is 1. The van der Waals surface area contributed by atoms with Crippen LogP contribution in [0.5, 0.6) is 0 Å². The van der Waals surface area contributed by atoms with E-state index in [0.29, 0.717) is 24.9 Å². The minimum Gasteiger partial charge on any atom is -0.462 e. The highest BCUT2D eigenvalue weighted by Crippen LogP contribution is 2.42. The first-order valence-corrected chi connectivity index (χ1v) is 31.5. The van der Waals surface area contributed by atoms with Gasteiger partial charge in [-0.3, -0.25) is 14.4 Å². The van der Waals surface area contributed by atoms with Gasteiger partial charge in [-0.25, -0.2) is 4.79 Å². The third-order valence-electron chi connectivity index (χ3n) is 19.2. The van der Waals surface area contributed by atoms with Crippen molar-refractivity contribution in [3.8, 4) is 0 Å². The molecule has 7 rings (SSSR count). The van der Waals surface area contributed by atoms with Gasteiger partial charge in [0.25, 0.3) is 0 Å². The number of carbonyl (C=O) groups is 3. The van der Waals surface area contributed by atoms with Gasteiger partial charge in [-0.15, -0.1) is 0 Å². The number of ether oxygens (including phenoxy) is 9. The van der Waals surface area contributed by atoms with Gasteiger partial charge >= 0.3 is 17.9 Å². The quantitative estimate of drug-likeness (QED) is 0.115. The van der Waals surface area contributed by atoms with E-state index >= 15 is 0 Å². The van der Waals surface area contributed by atoms with Gasteiger partial charge in [-0.1, -0.05) is 26.8 Å². The average molecular weight is 1200 g/mol. The van der Waals surface area contributed by atoms with Gasteiger partial charge in [0.05, 0.1) is 54.5 Å². The predicted molar refractivity (Wildman–Crippen MR) is 321 cm³/mol. The summed E-state index contributed by atoms with van der Waals surface area (Å²) in [7, 11) is 8.82. The zero-order chi connectivity index (χ0) is 62.5. The maximum Gasteiger partial charge on any atom is 0.343 e. The van der Waals surface area contributed by atoms with Gasteiger partial charge in [0.1, 0.15) is 35.1 Å². The van der Waals surface area contributed by atoms with E-state index < -0.39 is 102 Å². The van der Waals surface area contributed by atoms with Crippen LogP contribution in [0, 0.1) is 17.8 Å². The van der Waals surface area contributed by atoms with E-state index in [1.807, 2.05) is 79.7 Å². The largest absolute Gasteiger partial charge is 0.462 e.